The van der Waals surface area contributed by atoms with Gasteiger partial charge >= 0.3 is 6.03 Å². The van der Waals surface area contributed by atoms with Crippen LogP contribution in [0.15, 0.2) is 36.5 Å². The quantitative estimate of drug-likeness (QED) is 0.785. The second-order valence-corrected chi connectivity index (χ2v) is 5.92. The predicted molar refractivity (Wildman–Crippen MR) is 87.8 cm³/mol. The van der Waals surface area contributed by atoms with Crippen molar-refractivity contribution >= 4 is 28.4 Å². The molecule has 118 valence electrons. The number of hydrogen-bond acceptors (Lipinski definition) is 2. The molecule has 0 unspecified atom stereocenters. The molecule has 4 rings (SSSR count). The molecule has 2 aliphatic heterocycles. The number of H-pyrrole nitrogens is 1. The van der Waals surface area contributed by atoms with Crippen LogP contribution < -0.4 is 10.6 Å². The molecule has 0 bridgehead atoms. The summed E-state index contributed by atoms with van der Waals surface area (Å²) in [4.78, 5) is 28.6. The van der Waals surface area contributed by atoms with Crippen LogP contribution in [0.2, 0.25) is 0 Å². The van der Waals surface area contributed by atoms with E-state index >= 15 is 0 Å². The zero-order valence-electron chi connectivity index (χ0n) is 12.6. The normalized spacial score (nSPS) is 21.0. The molecule has 3 N–H and O–H groups in total. The largest absolute Gasteiger partial charge is 0.361 e. The standard InChI is InChI=1S/C17H18N4O2/c22-16(15-10-19-17(23)20-15)21-7-5-11(6-8-21)13-9-18-14-4-2-1-3-12(13)14/h1-5,9,15,18H,6-8,10H2,(H2,19,20,23)/t15-/m1/s1. The highest BCUT2D eigenvalue weighted by molar-refractivity contribution is 5.94. The summed E-state index contributed by atoms with van der Waals surface area (Å²) in [6, 6.07) is 7.52. The molecule has 6 heteroatoms. The number of amides is 3. The van der Waals surface area contributed by atoms with Crippen LogP contribution in [-0.4, -0.2) is 47.5 Å². The minimum absolute atomic E-state index is 0.0161. The van der Waals surface area contributed by atoms with Gasteiger partial charge in [-0.15, -0.1) is 0 Å². The van der Waals surface area contributed by atoms with Crippen molar-refractivity contribution < 1.29 is 9.59 Å². The van der Waals surface area contributed by atoms with Crippen molar-refractivity contribution in [2.75, 3.05) is 19.6 Å². The van der Waals surface area contributed by atoms with Crippen molar-refractivity contribution in [3.8, 4) is 0 Å². The molecule has 1 atom stereocenters. The van der Waals surface area contributed by atoms with Crippen molar-refractivity contribution in [2.24, 2.45) is 0 Å². The molecule has 1 aromatic heterocycles. The summed E-state index contributed by atoms with van der Waals surface area (Å²) in [5.41, 5.74) is 3.60. The molecule has 0 aliphatic carbocycles. The number of rotatable bonds is 2. The highest BCUT2D eigenvalue weighted by atomic mass is 16.2. The summed E-state index contributed by atoms with van der Waals surface area (Å²) in [5, 5.41) is 6.48. The van der Waals surface area contributed by atoms with Gasteiger partial charge in [-0.25, -0.2) is 4.79 Å². The second kappa shape index (κ2) is 5.46. The van der Waals surface area contributed by atoms with Gasteiger partial charge in [-0.2, -0.15) is 0 Å². The zero-order valence-corrected chi connectivity index (χ0v) is 12.6. The SMILES string of the molecule is O=C1NC[C@H](C(=O)N2CC=C(c3c[nH]c4ccccc34)CC2)N1. The lowest BCUT2D eigenvalue weighted by atomic mass is 9.98. The Balaban J connectivity index is 1.51. The minimum Gasteiger partial charge on any atom is -0.361 e. The molecule has 3 amide bonds. The lowest BCUT2D eigenvalue weighted by molar-refractivity contribution is -0.132. The first-order chi connectivity index (χ1) is 11.2. The first-order valence-corrected chi connectivity index (χ1v) is 7.81. The summed E-state index contributed by atoms with van der Waals surface area (Å²) in [6.45, 7) is 1.63. The van der Waals surface area contributed by atoms with E-state index in [9.17, 15) is 9.59 Å². The average Bonchev–Trinajstić information content (AvgIpc) is 3.21. The van der Waals surface area contributed by atoms with E-state index in [1.807, 2.05) is 18.3 Å². The maximum atomic E-state index is 12.4. The van der Waals surface area contributed by atoms with Gasteiger partial charge in [0, 0.05) is 42.3 Å². The molecular weight excluding hydrogens is 292 g/mol. The second-order valence-electron chi connectivity index (χ2n) is 5.92. The fraction of sp³-hybridized carbons (Fsp3) is 0.294. The van der Waals surface area contributed by atoms with Gasteiger partial charge in [0.1, 0.15) is 6.04 Å². The van der Waals surface area contributed by atoms with E-state index in [-0.39, 0.29) is 11.9 Å². The summed E-state index contributed by atoms with van der Waals surface area (Å²) >= 11 is 0. The van der Waals surface area contributed by atoms with Crippen LogP contribution in [-0.2, 0) is 4.79 Å². The number of aromatic nitrogens is 1. The van der Waals surface area contributed by atoms with E-state index in [2.05, 4.69) is 33.8 Å². The first kappa shape index (κ1) is 13.9. The maximum absolute atomic E-state index is 12.4. The lowest BCUT2D eigenvalue weighted by Gasteiger charge is -2.28. The molecule has 2 aromatic rings. The third-order valence-electron chi connectivity index (χ3n) is 4.53. The predicted octanol–water partition coefficient (Wildman–Crippen LogP) is 1.46. The van der Waals surface area contributed by atoms with Crippen molar-refractivity contribution in [3.63, 3.8) is 0 Å². The van der Waals surface area contributed by atoms with E-state index in [1.54, 1.807) is 4.90 Å². The smallest absolute Gasteiger partial charge is 0.315 e. The number of aromatic amines is 1. The molecular formula is C17H18N4O2. The topological polar surface area (TPSA) is 77.2 Å². The first-order valence-electron chi connectivity index (χ1n) is 7.81. The Hall–Kier alpha value is -2.76. The van der Waals surface area contributed by atoms with Crippen LogP contribution in [0.5, 0.6) is 0 Å². The Morgan fingerprint density at radius 2 is 2.13 bits per heavy atom. The zero-order chi connectivity index (χ0) is 15.8. The molecule has 2 aliphatic rings. The van der Waals surface area contributed by atoms with Gasteiger partial charge < -0.3 is 20.5 Å². The van der Waals surface area contributed by atoms with Gasteiger partial charge in [0.2, 0.25) is 5.91 Å². The molecule has 1 aromatic carbocycles. The van der Waals surface area contributed by atoms with Gasteiger partial charge in [0.25, 0.3) is 0 Å². The monoisotopic (exact) mass is 310 g/mol. The Morgan fingerprint density at radius 1 is 1.26 bits per heavy atom. The number of para-hydroxylation sites is 1. The van der Waals surface area contributed by atoms with E-state index in [1.165, 1.54) is 16.5 Å². The number of urea groups is 1. The molecule has 3 heterocycles. The fourth-order valence-corrected chi connectivity index (χ4v) is 3.28. The average molecular weight is 310 g/mol. The lowest BCUT2D eigenvalue weighted by Crippen LogP contribution is -2.47. The van der Waals surface area contributed by atoms with Gasteiger partial charge in [0.15, 0.2) is 0 Å². The van der Waals surface area contributed by atoms with Crippen molar-refractivity contribution in [2.45, 2.75) is 12.5 Å². The fourth-order valence-electron chi connectivity index (χ4n) is 3.28. The van der Waals surface area contributed by atoms with Crippen LogP contribution in [0, 0.1) is 0 Å². The number of nitrogens with zero attached hydrogens (tertiary/aromatic N) is 1. The Kier molecular flexibility index (Phi) is 3.29. The van der Waals surface area contributed by atoms with E-state index < -0.39 is 6.04 Å². The number of nitrogens with one attached hydrogen (secondary N) is 3. The third kappa shape index (κ3) is 2.46. The van der Waals surface area contributed by atoms with Crippen molar-refractivity contribution in [3.05, 3.63) is 42.1 Å². The molecule has 1 fully saturated rings. The molecule has 0 saturated carbocycles. The van der Waals surface area contributed by atoms with Gasteiger partial charge in [0.05, 0.1) is 0 Å². The molecule has 0 radical (unpaired) electrons. The number of carbonyl (C=O) groups excluding carboxylic acids is 2. The molecule has 23 heavy (non-hydrogen) atoms. The number of fused-ring (bicyclic) bond motifs is 1. The van der Waals surface area contributed by atoms with Crippen LogP contribution in [0.25, 0.3) is 16.5 Å². The van der Waals surface area contributed by atoms with Crippen LogP contribution >= 0.6 is 0 Å². The summed E-state index contributed by atoms with van der Waals surface area (Å²) in [6.07, 6.45) is 4.97. The minimum atomic E-state index is -0.439. The Bertz CT molecular complexity index is 808. The highest BCUT2D eigenvalue weighted by Crippen LogP contribution is 2.29. The van der Waals surface area contributed by atoms with E-state index in [0.29, 0.717) is 19.6 Å². The van der Waals surface area contributed by atoms with Gasteiger partial charge in [-0.1, -0.05) is 24.3 Å². The highest BCUT2D eigenvalue weighted by Gasteiger charge is 2.31. The summed E-state index contributed by atoms with van der Waals surface area (Å²) in [7, 11) is 0. The maximum Gasteiger partial charge on any atom is 0.315 e. The van der Waals surface area contributed by atoms with Crippen molar-refractivity contribution in [1.29, 1.82) is 0 Å². The molecule has 1 saturated heterocycles. The van der Waals surface area contributed by atoms with Crippen molar-refractivity contribution in [1.82, 2.24) is 20.5 Å². The Labute approximate surface area is 133 Å². The summed E-state index contributed by atoms with van der Waals surface area (Å²) < 4.78 is 0. The number of carbonyl (C=O) groups is 2. The Morgan fingerprint density at radius 3 is 2.87 bits per heavy atom. The summed E-state index contributed by atoms with van der Waals surface area (Å²) in [5.74, 6) is -0.0161. The molecule has 0 spiro atoms. The number of hydrogen-bond donors (Lipinski definition) is 3. The van der Waals surface area contributed by atoms with Crippen LogP contribution in [0.4, 0.5) is 4.79 Å². The van der Waals surface area contributed by atoms with E-state index in [0.717, 1.165) is 11.9 Å². The van der Waals surface area contributed by atoms with Crippen LogP contribution in [0.3, 0.4) is 0 Å². The number of benzene rings is 1. The van der Waals surface area contributed by atoms with E-state index in [4.69, 9.17) is 0 Å². The van der Waals surface area contributed by atoms with Gasteiger partial charge in [-0.3, -0.25) is 4.79 Å². The third-order valence-corrected chi connectivity index (χ3v) is 4.53. The molecule has 6 nitrogen and oxygen atoms in total. The van der Waals surface area contributed by atoms with Gasteiger partial charge in [-0.05, 0) is 18.1 Å². The van der Waals surface area contributed by atoms with Crippen LogP contribution in [0.1, 0.15) is 12.0 Å².